The van der Waals surface area contributed by atoms with Crippen molar-refractivity contribution in [2.75, 3.05) is 25.5 Å². The number of nitrogens with one attached hydrogen (secondary N) is 2. The van der Waals surface area contributed by atoms with Gasteiger partial charge in [0, 0.05) is 18.5 Å². The van der Waals surface area contributed by atoms with Gasteiger partial charge in [-0.05, 0) is 14.0 Å². The molecule has 1 aromatic rings. The highest BCUT2D eigenvalue weighted by molar-refractivity contribution is 7.13. The minimum absolute atomic E-state index is 0.934. The zero-order chi connectivity index (χ0) is 8.10. The smallest absolute Gasteiger partial charge is 0.182 e. The summed E-state index contributed by atoms with van der Waals surface area (Å²) >= 11 is 1.65. The number of aryl methyl sites for hydroxylation is 1. The Bertz CT molecular complexity index is 209. The lowest BCUT2D eigenvalue weighted by Crippen LogP contribution is -2.17. The highest BCUT2D eigenvalue weighted by Crippen LogP contribution is 2.13. The SMILES string of the molecule is CNCCNc1nc(C)cs1. The summed E-state index contributed by atoms with van der Waals surface area (Å²) in [5.41, 5.74) is 1.09. The van der Waals surface area contributed by atoms with Gasteiger partial charge in [-0.1, -0.05) is 0 Å². The molecule has 1 rings (SSSR count). The number of anilines is 1. The highest BCUT2D eigenvalue weighted by atomic mass is 32.1. The van der Waals surface area contributed by atoms with Gasteiger partial charge in [-0.2, -0.15) is 0 Å². The van der Waals surface area contributed by atoms with Crippen LogP contribution >= 0.6 is 11.3 Å². The molecule has 2 N–H and O–H groups in total. The van der Waals surface area contributed by atoms with Gasteiger partial charge in [-0.15, -0.1) is 11.3 Å². The van der Waals surface area contributed by atoms with Crippen LogP contribution in [0.1, 0.15) is 5.69 Å². The molecule has 0 aromatic carbocycles. The van der Waals surface area contributed by atoms with E-state index >= 15 is 0 Å². The molecule has 0 amide bonds. The van der Waals surface area contributed by atoms with Crippen LogP contribution in [0.2, 0.25) is 0 Å². The maximum absolute atomic E-state index is 4.26. The van der Waals surface area contributed by atoms with Gasteiger partial charge in [0.15, 0.2) is 5.13 Å². The van der Waals surface area contributed by atoms with Gasteiger partial charge in [-0.25, -0.2) is 4.98 Å². The fraction of sp³-hybridized carbons (Fsp3) is 0.571. The second kappa shape index (κ2) is 4.31. The normalized spacial score (nSPS) is 10.0. The van der Waals surface area contributed by atoms with Gasteiger partial charge >= 0.3 is 0 Å². The van der Waals surface area contributed by atoms with Crippen molar-refractivity contribution >= 4 is 16.5 Å². The largest absolute Gasteiger partial charge is 0.360 e. The van der Waals surface area contributed by atoms with Gasteiger partial charge in [0.05, 0.1) is 5.69 Å². The van der Waals surface area contributed by atoms with Crippen molar-refractivity contribution in [2.45, 2.75) is 6.92 Å². The van der Waals surface area contributed by atoms with Crippen molar-refractivity contribution in [1.82, 2.24) is 10.3 Å². The molecular weight excluding hydrogens is 158 g/mol. The summed E-state index contributed by atoms with van der Waals surface area (Å²) in [5, 5.41) is 9.33. The van der Waals surface area contributed by atoms with E-state index in [4.69, 9.17) is 0 Å². The summed E-state index contributed by atoms with van der Waals surface area (Å²) < 4.78 is 0. The number of thiazole rings is 1. The number of aromatic nitrogens is 1. The monoisotopic (exact) mass is 171 g/mol. The lowest BCUT2D eigenvalue weighted by atomic mass is 10.6. The maximum atomic E-state index is 4.26. The van der Waals surface area contributed by atoms with Crippen LogP contribution in [0.15, 0.2) is 5.38 Å². The Kier molecular flexibility index (Phi) is 3.32. The molecule has 1 aromatic heterocycles. The summed E-state index contributed by atoms with van der Waals surface area (Å²) in [6.07, 6.45) is 0. The molecule has 0 aliphatic heterocycles. The molecule has 0 aliphatic carbocycles. The first-order valence-electron chi connectivity index (χ1n) is 3.63. The summed E-state index contributed by atoms with van der Waals surface area (Å²) in [4.78, 5) is 4.26. The molecule has 3 nitrogen and oxygen atoms in total. The second-order valence-electron chi connectivity index (χ2n) is 2.32. The fourth-order valence-electron chi connectivity index (χ4n) is 0.730. The minimum atomic E-state index is 0.934. The summed E-state index contributed by atoms with van der Waals surface area (Å²) in [7, 11) is 1.94. The number of rotatable bonds is 4. The Morgan fingerprint density at radius 3 is 2.91 bits per heavy atom. The molecule has 4 heteroatoms. The van der Waals surface area contributed by atoms with Gasteiger partial charge in [0.25, 0.3) is 0 Å². The predicted octanol–water partition coefficient (Wildman–Crippen LogP) is 1.08. The lowest BCUT2D eigenvalue weighted by molar-refractivity contribution is 0.823. The summed E-state index contributed by atoms with van der Waals surface area (Å²) in [6, 6.07) is 0. The number of nitrogens with zero attached hydrogens (tertiary/aromatic N) is 1. The Labute approximate surface area is 70.9 Å². The van der Waals surface area contributed by atoms with Crippen LogP contribution in [-0.4, -0.2) is 25.1 Å². The van der Waals surface area contributed by atoms with Crippen LogP contribution in [-0.2, 0) is 0 Å². The molecule has 0 spiro atoms. The van der Waals surface area contributed by atoms with E-state index < -0.39 is 0 Å². The molecule has 0 fully saturated rings. The molecule has 62 valence electrons. The Morgan fingerprint density at radius 1 is 1.55 bits per heavy atom. The molecule has 0 saturated carbocycles. The minimum Gasteiger partial charge on any atom is -0.360 e. The average Bonchev–Trinajstić information content (AvgIpc) is 2.37. The molecule has 0 saturated heterocycles. The standard InChI is InChI=1S/C7H13N3S/c1-6-5-11-7(10-6)9-4-3-8-2/h5,8H,3-4H2,1-2H3,(H,9,10). The van der Waals surface area contributed by atoms with Crippen molar-refractivity contribution < 1.29 is 0 Å². The molecular formula is C7H13N3S. The Morgan fingerprint density at radius 2 is 2.36 bits per heavy atom. The average molecular weight is 171 g/mol. The first-order valence-corrected chi connectivity index (χ1v) is 4.51. The third-order valence-electron chi connectivity index (χ3n) is 1.27. The van der Waals surface area contributed by atoms with Crippen molar-refractivity contribution in [2.24, 2.45) is 0 Å². The van der Waals surface area contributed by atoms with Crippen molar-refractivity contribution in [1.29, 1.82) is 0 Å². The van der Waals surface area contributed by atoms with E-state index in [-0.39, 0.29) is 0 Å². The second-order valence-corrected chi connectivity index (χ2v) is 3.18. The lowest BCUT2D eigenvalue weighted by Gasteiger charge is -1.99. The zero-order valence-electron chi connectivity index (χ0n) is 6.85. The maximum Gasteiger partial charge on any atom is 0.182 e. The van der Waals surface area contributed by atoms with Crippen LogP contribution in [0.3, 0.4) is 0 Å². The van der Waals surface area contributed by atoms with Gasteiger partial charge in [0.2, 0.25) is 0 Å². The molecule has 1 heterocycles. The van der Waals surface area contributed by atoms with Gasteiger partial charge in [-0.3, -0.25) is 0 Å². The Hall–Kier alpha value is -0.610. The fourth-order valence-corrected chi connectivity index (χ4v) is 1.45. The van der Waals surface area contributed by atoms with Crippen LogP contribution < -0.4 is 10.6 Å². The third kappa shape index (κ3) is 2.86. The third-order valence-corrected chi connectivity index (χ3v) is 2.19. The number of hydrogen-bond donors (Lipinski definition) is 2. The van der Waals surface area contributed by atoms with E-state index in [1.54, 1.807) is 11.3 Å². The van der Waals surface area contributed by atoms with E-state index in [0.717, 1.165) is 23.9 Å². The molecule has 0 bridgehead atoms. The van der Waals surface area contributed by atoms with Gasteiger partial charge < -0.3 is 10.6 Å². The predicted molar refractivity (Wildman–Crippen MR) is 49.3 cm³/mol. The van der Waals surface area contributed by atoms with E-state index in [0.29, 0.717) is 0 Å². The van der Waals surface area contributed by atoms with Crippen LogP contribution in [0.4, 0.5) is 5.13 Å². The Balaban J connectivity index is 2.27. The van der Waals surface area contributed by atoms with E-state index in [1.807, 2.05) is 19.4 Å². The van der Waals surface area contributed by atoms with Crippen molar-refractivity contribution in [3.05, 3.63) is 11.1 Å². The zero-order valence-corrected chi connectivity index (χ0v) is 7.66. The summed E-state index contributed by atoms with van der Waals surface area (Å²) in [6.45, 7) is 3.90. The topological polar surface area (TPSA) is 37.0 Å². The molecule has 11 heavy (non-hydrogen) atoms. The van der Waals surface area contributed by atoms with Gasteiger partial charge in [0.1, 0.15) is 0 Å². The molecule has 0 atom stereocenters. The van der Waals surface area contributed by atoms with Crippen molar-refractivity contribution in [3.8, 4) is 0 Å². The first-order chi connectivity index (χ1) is 5.33. The van der Waals surface area contributed by atoms with Crippen molar-refractivity contribution in [3.63, 3.8) is 0 Å². The highest BCUT2D eigenvalue weighted by Gasteiger charge is 1.94. The van der Waals surface area contributed by atoms with E-state index in [2.05, 4.69) is 15.6 Å². The number of hydrogen-bond acceptors (Lipinski definition) is 4. The van der Waals surface area contributed by atoms with Crippen LogP contribution in [0.5, 0.6) is 0 Å². The molecule has 0 aliphatic rings. The summed E-state index contributed by atoms with van der Waals surface area (Å²) in [5.74, 6) is 0. The van der Waals surface area contributed by atoms with E-state index in [9.17, 15) is 0 Å². The number of likely N-dealkylation sites (N-methyl/N-ethyl adjacent to an activating group) is 1. The first kappa shape index (κ1) is 8.49. The quantitative estimate of drug-likeness (QED) is 0.666. The van der Waals surface area contributed by atoms with Crippen LogP contribution in [0.25, 0.3) is 0 Å². The van der Waals surface area contributed by atoms with E-state index in [1.165, 1.54) is 0 Å². The molecule has 0 radical (unpaired) electrons. The van der Waals surface area contributed by atoms with Crippen LogP contribution in [0, 0.1) is 6.92 Å². The molecule has 0 unspecified atom stereocenters.